The van der Waals surface area contributed by atoms with Gasteiger partial charge in [-0.25, -0.2) is 0 Å². The zero-order valence-electron chi connectivity index (χ0n) is 10.1. The lowest BCUT2D eigenvalue weighted by atomic mass is 10.1. The summed E-state index contributed by atoms with van der Waals surface area (Å²) >= 11 is 3.40. The van der Waals surface area contributed by atoms with Gasteiger partial charge in [-0.1, -0.05) is 22.0 Å². The van der Waals surface area contributed by atoms with Gasteiger partial charge in [-0.15, -0.1) is 0 Å². The van der Waals surface area contributed by atoms with E-state index in [2.05, 4.69) is 26.3 Å². The molecule has 0 aliphatic rings. The Morgan fingerprint density at radius 2 is 2.22 bits per heavy atom. The summed E-state index contributed by atoms with van der Waals surface area (Å²) in [5, 5.41) is 6.70. The summed E-state index contributed by atoms with van der Waals surface area (Å²) in [5.41, 5.74) is 7.79. The molecule has 1 amide bonds. The highest BCUT2D eigenvalue weighted by atomic mass is 79.9. The summed E-state index contributed by atoms with van der Waals surface area (Å²) in [6.45, 7) is 1.96. The van der Waals surface area contributed by atoms with Gasteiger partial charge in [0.05, 0.1) is 11.9 Å². The molecule has 2 rings (SSSR count). The molecule has 1 aromatic heterocycles. The average molecular weight is 309 g/mol. The number of hydrogen-bond donors (Lipinski definition) is 2. The summed E-state index contributed by atoms with van der Waals surface area (Å²) < 4.78 is 2.42. The molecule has 0 unspecified atom stereocenters. The third kappa shape index (κ3) is 2.38. The van der Waals surface area contributed by atoms with Crippen LogP contribution in [0.3, 0.4) is 0 Å². The van der Waals surface area contributed by atoms with Crippen molar-refractivity contribution in [3.05, 3.63) is 40.0 Å². The predicted molar refractivity (Wildman–Crippen MR) is 74.5 cm³/mol. The highest BCUT2D eigenvalue weighted by Crippen LogP contribution is 2.20. The number of nitrogens with one attached hydrogen (secondary N) is 1. The summed E-state index contributed by atoms with van der Waals surface area (Å²) in [6.07, 6.45) is 1.50. The Morgan fingerprint density at radius 3 is 2.78 bits per heavy atom. The summed E-state index contributed by atoms with van der Waals surface area (Å²) in [6, 6.07) is 5.42. The van der Waals surface area contributed by atoms with Gasteiger partial charge in [0, 0.05) is 17.1 Å². The van der Waals surface area contributed by atoms with E-state index in [0.29, 0.717) is 17.1 Å². The van der Waals surface area contributed by atoms with Gasteiger partial charge >= 0.3 is 0 Å². The Balaban J connectivity index is 2.25. The number of nitrogen functional groups attached to an aromatic ring is 1. The molecule has 1 heterocycles. The number of halogens is 1. The molecule has 18 heavy (non-hydrogen) atoms. The van der Waals surface area contributed by atoms with E-state index in [0.717, 1.165) is 10.0 Å². The molecular formula is C12H13BrN4O. The maximum absolute atomic E-state index is 12.1. The minimum atomic E-state index is -0.217. The normalized spacial score (nSPS) is 10.4. The van der Waals surface area contributed by atoms with E-state index in [1.54, 1.807) is 19.2 Å². The molecule has 0 fully saturated rings. The zero-order chi connectivity index (χ0) is 13.3. The van der Waals surface area contributed by atoms with Crippen molar-refractivity contribution in [3.8, 4) is 0 Å². The van der Waals surface area contributed by atoms with E-state index in [4.69, 9.17) is 5.73 Å². The topological polar surface area (TPSA) is 72.9 Å². The lowest BCUT2D eigenvalue weighted by Gasteiger charge is -2.07. The molecule has 3 N–H and O–H groups in total. The number of aryl methyl sites for hydroxylation is 2. The SMILES string of the molecule is Cc1ccc(C(=O)Nc2c(N)cnn2C)cc1Br. The zero-order valence-corrected chi connectivity index (χ0v) is 11.7. The first-order valence-corrected chi connectivity index (χ1v) is 6.13. The highest BCUT2D eigenvalue weighted by Gasteiger charge is 2.12. The van der Waals surface area contributed by atoms with E-state index in [1.165, 1.54) is 10.9 Å². The van der Waals surface area contributed by atoms with Gasteiger partial charge in [-0.3, -0.25) is 9.48 Å². The maximum atomic E-state index is 12.1. The molecule has 0 atom stereocenters. The molecule has 1 aromatic carbocycles. The monoisotopic (exact) mass is 308 g/mol. The van der Waals surface area contributed by atoms with Gasteiger partial charge in [0.15, 0.2) is 5.82 Å². The van der Waals surface area contributed by atoms with Crippen LogP contribution in [0, 0.1) is 6.92 Å². The van der Waals surface area contributed by atoms with Crippen LogP contribution in [0.5, 0.6) is 0 Å². The molecule has 0 saturated carbocycles. The first kappa shape index (κ1) is 12.6. The molecule has 0 spiro atoms. The molecule has 0 saturated heterocycles. The van der Waals surface area contributed by atoms with Crippen LogP contribution in [0.2, 0.25) is 0 Å². The number of anilines is 2. The Kier molecular flexibility index (Phi) is 3.38. The molecule has 0 bridgehead atoms. The van der Waals surface area contributed by atoms with Crippen molar-refractivity contribution in [1.29, 1.82) is 0 Å². The van der Waals surface area contributed by atoms with E-state index in [1.807, 2.05) is 13.0 Å². The molecule has 5 nitrogen and oxygen atoms in total. The third-order valence-corrected chi connectivity index (χ3v) is 3.49. The van der Waals surface area contributed by atoms with Crippen molar-refractivity contribution < 1.29 is 4.79 Å². The molecule has 94 valence electrons. The number of aromatic nitrogens is 2. The molecular weight excluding hydrogens is 296 g/mol. The molecule has 0 aliphatic heterocycles. The van der Waals surface area contributed by atoms with E-state index in [-0.39, 0.29) is 5.91 Å². The van der Waals surface area contributed by atoms with Crippen molar-refractivity contribution in [3.63, 3.8) is 0 Å². The first-order chi connectivity index (χ1) is 8.49. The van der Waals surface area contributed by atoms with E-state index < -0.39 is 0 Å². The van der Waals surface area contributed by atoms with Crippen LogP contribution in [-0.2, 0) is 7.05 Å². The Hall–Kier alpha value is -1.82. The number of carbonyl (C=O) groups is 1. The van der Waals surface area contributed by atoms with Gasteiger partial charge in [0.1, 0.15) is 0 Å². The van der Waals surface area contributed by atoms with E-state index >= 15 is 0 Å². The first-order valence-electron chi connectivity index (χ1n) is 5.34. The molecule has 2 aromatic rings. The Bertz CT molecular complexity index is 587. The highest BCUT2D eigenvalue weighted by molar-refractivity contribution is 9.10. The lowest BCUT2D eigenvalue weighted by Crippen LogP contribution is -2.15. The van der Waals surface area contributed by atoms with Crippen LogP contribution in [0.1, 0.15) is 15.9 Å². The molecule has 0 aliphatic carbocycles. The fourth-order valence-electron chi connectivity index (χ4n) is 1.52. The number of hydrogen-bond acceptors (Lipinski definition) is 3. The van der Waals surface area contributed by atoms with Crippen LogP contribution >= 0.6 is 15.9 Å². The summed E-state index contributed by atoms with van der Waals surface area (Å²) in [5.74, 6) is 0.280. The summed E-state index contributed by atoms with van der Waals surface area (Å²) in [4.78, 5) is 12.1. The number of carbonyl (C=O) groups excluding carboxylic acids is 1. The number of nitrogens with two attached hydrogens (primary N) is 1. The standard InChI is InChI=1S/C12H13BrN4O/c1-7-3-4-8(5-9(7)13)12(18)16-11-10(14)6-15-17(11)2/h3-6H,14H2,1-2H3,(H,16,18). The average Bonchev–Trinajstić information content (AvgIpc) is 2.64. The fourth-order valence-corrected chi connectivity index (χ4v) is 1.90. The van der Waals surface area contributed by atoms with Gasteiger partial charge in [-0.05, 0) is 24.6 Å². The van der Waals surface area contributed by atoms with Crippen LogP contribution < -0.4 is 11.1 Å². The predicted octanol–water partition coefficient (Wildman–Crippen LogP) is 2.33. The Morgan fingerprint density at radius 1 is 1.50 bits per heavy atom. The minimum absolute atomic E-state index is 0.217. The smallest absolute Gasteiger partial charge is 0.256 e. The van der Waals surface area contributed by atoms with Crippen molar-refractivity contribution in [2.24, 2.45) is 7.05 Å². The lowest BCUT2D eigenvalue weighted by molar-refractivity contribution is 0.102. The molecule has 0 radical (unpaired) electrons. The number of nitrogens with zero attached hydrogens (tertiary/aromatic N) is 2. The van der Waals surface area contributed by atoms with Gasteiger partial charge in [0.2, 0.25) is 0 Å². The van der Waals surface area contributed by atoms with Crippen molar-refractivity contribution in [2.75, 3.05) is 11.1 Å². The van der Waals surface area contributed by atoms with Crippen molar-refractivity contribution >= 4 is 33.3 Å². The number of amides is 1. The minimum Gasteiger partial charge on any atom is -0.394 e. The summed E-state index contributed by atoms with van der Waals surface area (Å²) in [7, 11) is 1.72. The Labute approximate surface area is 113 Å². The van der Waals surface area contributed by atoms with Gasteiger partial charge in [0.25, 0.3) is 5.91 Å². The largest absolute Gasteiger partial charge is 0.394 e. The van der Waals surface area contributed by atoms with Crippen molar-refractivity contribution in [2.45, 2.75) is 6.92 Å². The van der Waals surface area contributed by atoms with E-state index in [9.17, 15) is 4.79 Å². The van der Waals surface area contributed by atoms with Gasteiger partial charge in [-0.2, -0.15) is 5.10 Å². The van der Waals surface area contributed by atoms with Crippen LogP contribution in [0.4, 0.5) is 11.5 Å². The van der Waals surface area contributed by atoms with Gasteiger partial charge < -0.3 is 11.1 Å². The third-order valence-electron chi connectivity index (χ3n) is 2.63. The fraction of sp³-hybridized carbons (Fsp3) is 0.167. The second-order valence-electron chi connectivity index (χ2n) is 3.99. The quantitative estimate of drug-likeness (QED) is 0.894. The van der Waals surface area contributed by atoms with Crippen LogP contribution in [0.25, 0.3) is 0 Å². The maximum Gasteiger partial charge on any atom is 0.256 e. The molecule has 6 heteroatoms. The second-order valence-corrected chi connectivity index (χ2v) is 4.84. The number of rotatable bonds is 2. The number of benzene rings is 1. The van der Waals surface area contributed by atoms with Crippen LogP contribution in [-0.4, -0.2) is 15.7 Å². The van der Waals surface area contributed by atoms with Crippen LogP contribution in [0.15, 0.2) is 28.9 Å². The second kappa shape index (κ2) is 4.81. The van der Waals surface area contributed by atoms with Crippen molar-refractivity contribution in [1.82, 2.24) is 9.78 Å².